The summed E-state index contributed by atoms with van der Waals surface area (Å²) in [7, 11) is 0. The number of carbonyl (C=O) groups is 1. The van der Waals surface area contributed by atoms with E-state index >= 15 is 0 Å². The van der Waals surface area contributed by atoms with Crippen LogP contribution in [0.2, 0.25) is 0 Å². The summed E-state index contributed by atoms with van der Waals surface area (Å²) in [5.74, 6) is 0.0421. The molecule has 0 aliphatic carbocycles. The van der Waals surface area contributed by atoms with Gasteiger partial charge in [0.1, 0.15) is 6.61 Å². The van der Waals surface area contributed by atoms with Gasteiger partial charge in [0.25, 0.3) is 0 Å². The Morgan fingerprint density at radius 1 is 1.54 bits per heavy atom. The summed E-state index contributed by atoms with van der Waals surface area (Å²) >= 11 is 0. The fourth-order valence-corrected chi connectivity index (χ4v) is 1.42. The Kier molecular flexibility index (Phi) is 2.00. The highest BCUT2D eigenvalue weighted by atomic mass is 16.5. The van der Waals surface area contributed by atoms with Gasteiger partial charge in [-0.05, 0) is 18.6 Å². The summed E-state index contributed by atoms with van der Waals surface area (Å²) < 4.78 is 4.87. The average molecular weight is 177 g/mol. The molecule has 13 heavy (non-hydrogen) atoms. The van der Waals surface area contributed by atoms with Crippen molar-refractivity contribution in [3.05, 3.63) is 29.6 Å². The molecule has 3 heteroatoms. The highest BCUT2D eigenvalue weighted by molar-refractivity contribution is 5.72. The molecule has 0 amide bonds. The molecule has 0 bridgehead atoms. The first-order valence-corrected chi connectivity index (χ1v) is 4.34. The summed E-state index contributed by atoms with van der Waals surface area (Å²) in [6, 6.07) is 3.97. The Balaban J connectivity index is 2.17. The van der Waals surface area contributed by atoms with Crippen LogP contribution in [-0.4, -0.2) is 17.6 Å². The molecule has 1 atom stereocenters. The molecule has 68 valence electrons. The van der Waals surface area contributed by atoms with Gasteiger partial charge in [-0.15, -0.1) is 0 Å². The van der Waals surface area contributed by atoms with Gasteiger partial charge in [-0.2, -0.15) is 0 Å². The van der Waals surface area contributed by atoms with Gasteiger partial charge in [-0.1, -0.05) is 6.07 Å². The zero-order chi connectivity index (χ0) is 9.26. The third kappa shape index (κ3) is 1.69. The lowest BCUT2D eigenvalue weighted by Gasteiger charge is -2.04. The van der Waals surface area contributed by atoms with E-state index in [1.807, 2.05) is 25.3 Å². The van der Waals surface area contributed by atoms with Crippen LogP contribution in [0.25, 0.3) is 0 Å². The molecule has 0 N–H and O–H groups in total. The van der Waals surface area contributed by atoms with Crippen molar-refractivity contribution in [2.45, 2.75) is 19.3 Å². The van der Waals surface area contributed by atoms with Crippen molar-refractivity contribution in [2.75, 3.05) is 6.61 Å². The van der Waals surface area contributed by atoms with Gasteiger partial charge in [0, 0.05) is 17.8 Å². The molecule has 1 fully saturated rings. The maximum absolute atomic E-state index is 10.8. The average Bonchev–Trinajstić information content (AvgIpc) is 2.53. The fourth-order valence-electron chi connectivity index (χ4n) is 1.42. The molecule has 0 saturated carbocycles. The summed E-state index contributed by atoms with van der Waals surface area (Å²) in [6.07, 6.45) is 2.29. The van der Waals surface area contributed by atoms with Crippen molar-refractivity contribution in [3.8, 4) is 0 Å². The Hall–Kier alpha value is -1.38. The minimum atomic E-state index is -0.118. The van der Waals surface area contributed by atoms with E-state index in [4.69, 9.17) is 4.74 Å². The molecular weight excluding hydrogens is 166 g/mol. The third-order valence-corrected chi connectivity index (χ3v) is 2.21. The minimum Gasteiger partial charge on any atom is -0.465 e. The van der Waals surface area contributed by atoms with Gasteiger partial charge in [-0.3, -0.25) is 9.78 Å². The maximum Gasteiger partial charge on any atom is 0.306 e. The van der Waals surface area contributed by atoms with Crippen LogP contribution in [-0.2, 0) is 9.53 Å². The predicted molar refractivity (Wildman–Crippen MR) is 47.3 cm³/mol. The standard InChI is InChI=1S/C10H11NO2/c1-7-2-3-9(11-5-7)8-4-10(12)13-6-8/h2-3,5,8H,4,6H2,1H3. The Labute approximate surface area is 76.7 Å². The van der Waals surface area contributed by atoms with Gasteiger partial charge < -0.3 is 4.74 Å². The normalized spacial score (nSPS) is 21.6. The van der Waals surface area contributed by atoms with Gasteiger partial charge in [0.2, 0.25) is 0 Å². The van der Waals surface area contributed by atoms with E-state index in [0.717, 1.165) is 11.3 Å². The number of aryl methyl sites for hydroxylation is 1. The molecule has 0 spiro atoms. The monoisotopic (exact) mass is 177 g/mol. The molecule has 1 aliphatic rings. The van der Waals surface area contributed by atoms with Crippen LogP contribution in [0.15, 0.2) is 18.3 Å². The van der Waals surface area contributed by atoms with E-state index in [0.29, 0.717) is 13.0 Å². The summed E-state index contributed by atoms with van der Waals surface area (Å²) in [6.45, 7) is 2.47. The van der Waals surface area contributed by atoms with Crippen molar-refractivity contribution < 1.29 is 9.53 Å². The SMILES string of the molecule is Cc1ccc(C2COC(=O)C2)nc1. The zero-order valence-corrected chi connectivity index (χ0v) is 7.49. The number of hydrogen-bond donors (Lipinski definition) is 0. The van der Waals surface area contributed by atoms with E-state index < -0.39 is 0 Å². The molecule has 1 aliphatic heterocycles. The lowest BCUT2D eigenvalue weighted by molar-refractivity contribution is -0.137. The molecule has 1 aromatic heterocycles. The number of esters is 1. The molecule has 0 radical (unpaired) electrons. The number of rotatable bonds is 1. The Morgan fingerprint density at radius 3 is 2.92 bits per heavy atom. The van der Waals surface area contributed by atoms with Crippen molar-refractivity contribution in [3.63, 3.8) is 0 Å². The van der Waals surface area contributed by atoms with E-state index in [2.05, 4.69) is 4.98 Å². The van der Waals surface area contributed by atoms with Crippen molar-refractivity contribution >= 4 is 5.97 Å². The van der Waals surface area contributed by atoms with Gasteiger partial charge >= 0.3 is 5.97 Å². The Morgan fingerprint density at radius 2 is 2.38 bits per heavy atom. The Bertz CT molecular complexity index is 318. The topological polar surface area (TPSA) is 39.2 Å². The summed E-state index contributed by atoms with van der Waals surface area (Å²) in [5, 5.41) is 0. The van der Waals surface area contributed by atoms with Gasteiger partial charge in [0.05, 0.1) is 6.42 Å². The molecule has 1 aromatic rings. The van der Waals surface area contributed by atoms with Crippen LogP contribution in [0.1, 0.15) is 23.6 Å². The van der Waals surface area contributed by atoms with Crippen LogP contribution in [0.3, 0.4) is 0 Å². The fraction of sp³-hybridized carbons (Fsp3) is 0.400. The van der Waals surface area contributed by atoms with E-state index in [1.54, 1.807) is 0 Å². The largest absolute Gasteiger partial charge is 0.465 e. The maximum atomic E-state index is 10.8. The summed E-state index contributed by atoms with van der Waals surface area (Å²) in [4.78, 5) is 15.1. The lowest BCUT2D eigenvalue weighted by atomic mass is 10.0. The molecule has 1 saturated heterocycles. The van der Waals surface area contributed by atoms with Crippen LogP contribution >= 0.6 is 0 Å². The van der Waals surface area contributed by atoms with E-state index in [1.165, 1.54) is 0 Å². The van der Waals surface area contributed by atoms with Crippen molar-refractivity contribution in [1.82, 2.24) is 4.98 Å². The molecule has 2 heterocycles. The molecular formula is C10H11NO2. The predicted octanol–water partition coefficient (Wildman–Crippen LogP) is 1.42. The lowest BCUT2D eigenvalue weighted by Crippen LogP contribution is -2.00. The van der Waals surface area contributed by atoms with Crippen LogP contribution in [0.4, 0.5) is 0 Å². The molecule has 3 nitrogen and oxygen atoms in total. The molecule has 1 unspecified atom stereocenters. The van der Waals surface area contributed by atoms with Crippen molar-refractivity contribution in [1.29, 1.82) is 0 Å². The first-order valence-electron chi connectivity index (χ1n) is 4.34. The number of nitrogens with zero attached hydrogens (tertiary/aromatic N) is 1. The van der Waals surface area contributed by atoms with Crippen LogP contribution in [0.5, 0.6) is 0 Å². The number of ether oxygens (including phenoxy) is 1. The second kappa shape index (κ2) is 3.17. The van der Waals surface area contributed by atoms with Crippen molar-refractivity contribution in [2.24, 2.45) is 0 Å². The number of aromatic nitrogens is 1. The van der Waals surface area contributed by atoms with Gasteiger partial charge in [-0.25, -0.2) is 0 Å². The highest BCUT2D eigenvalue weighted by Crippen LogP contribution is 2.24. The number of pyridine rings is 1. The first kappa shape index (κ1) is 8.23. The molecule has 2 rings (SSSR count). The van der Waals surface area contributed by atoms with E-state index in [-0.39, 0.29) is 11.9 Å². The number of cyclic esters (lactones) is 1. The second-order valence-electron chi connectivity index (χ2n) is 3.34. The quantitative estimate of drug-likeness (QED) is 0.609. The molecule has 0 aromatic carbocycles. The van der Waals surface area contributed by atoms with E-state index in [9.17, 15) is 4.79 Å². The third-order valence-electron chi connectivity index (χ3n) is 2.21. The summed E-state index contributed by atoms with van der Waals surface area (Å²) in [5.41, 5.74) is 2.09. The zero-order valence-electron chi connectivity index (χ0n) is 7.49. The first-order chi connectivity index (χ1) is 6.25. The second-order valence-corrected chi connectivity index (χ2v) is 3.34. The van der Waals surface area contributed by atoms with Crippen LogP contribution < -0.4 is 0 Å². The number of hydrogen-bond acceptors (Lipinski definition) is 3. The number of carbonyl (C=O) groups excluding carboxylic acids is 1. The van der Waals surface area contributed by atoms with Gasteiger partial charge in [0.15, 0.2) is 0 Å². The highest BCUT2D eigenvalue weighted by Gasteiger charge is 2.25. The van der Waals surface area contributed by atoms with Crippen LogP contribution in [0, 0.1) is 6.92 Å². The smallest absolute Gasteiger partial charge is 0.306 e. The minimum absolute atomic E-state index is 0.118.